The Bertz CT molecular complexity index is 393. The Morgan fingerprint density at radius 3 is 2.47 bits per heavy atom. The van der Waals surface area contributed by atoms with E-state index in [4.69, 9.17) is 10.4 Å². The number of aliphatic hydroxyl groups is 2. The number of hydrogen-bond donors (Lipinski definition) is 3. The van der Waals surface area contributed by atoms with E-state index in [1.807, 2.05) is 19.1 Å². The van der Waals surface area contributed by atoms with Gasteiger partial charge < -0.3 is 15.5 Å². The third-order valence-electron chi connectivity index (χ3n) is 2.67. The third-order valence-corrected chi connectivity index (χ3v) is 2.67. The van der Waals surface area contributed by atoms with E-state index in [0.29, 0.717) is 12.1 Å². The van der Waals surface area contributed by atoms with Gasteiger partial charge in [-0.15, -0.1) is 0 Å². The summed E-state index contributed by atoms with van der Waals surface area (Å²) in [4.78, 5) is 0. The quantitative estimate of drug-likeness (QED) is 0.709. The van der Waals surface area contributed by atoms with E-state index < -0.39 is 5.60 Å². The molecule has 1 aromatic carbocycles. The molecule has 2 atom stereocenters. The zero-order valence-corrected chi connectivity index (χ0v) is 10.1. The van der Waals surface area contributed by atoms with Crippen LogP contribution in [0.25, 0.3) is 0 Å². The summed E-state index contributed by atoms with van der Waals surface area (Å²) in [6.07, 6.45) is 0. The lowest BCUT2D eigenvalue weighted by Crippen LogP contribution is -2.41. The number of nitrogens with one attached hydrogen (secondary N) is 1. The molecular formula is C13H18N2O2. The molecule has 3 N–H and O–H groups in total. The van der Waals surface area contributed by atoms with Crippen LogP contribution < -0.4 is 5.32 Å². The molecule has 0 saturated heterocycles. The number of aliphatic hydroxyl groups excluding tert-OH is 1. The molecule has 0 heterocycles. The van der Waals surface area contributed by atoms with Crippen molar-refractivity contribution in [3.8, 4) is 6.07 Å². The molecule has 4 nitrogen and oxygen atoms in total. The molecule has 17 heavy (non-hydrogen) atoms. The summed E-state index contributed by atoms with van der Waals surface area (Å²) in [5, 5.41) is 30.4. The van der Waals surface area contributed by atoms with E-state index >= 15 is 0 Å². The lowest BCUT2D eigenvalue weighted by molar-refractivity contribution is 0.00106. The van der Waals surface area contributed by atoms with E-state index in [0.717, 1.165) is 5.56 Å². The van der Waals surface area contributed by atoms with Gasteiger partial charge in [0.1, 0.15) is 0 Å². The Labute approximate surface area is 102 Å². The number of nitriles is 1. The largest absolute Gasteiger partial charge is 0.393 e. The number of benzene rings is 1. The maximum Gasteiger partial charge on any atom is 0.0991 e. The van der Waals surface area contributed by atoms with Crippen LogP contribution in [0.1, 0.15) is 31.0 Å². The van der Waals surface area contributed by atoms with Gasteiger partial charge in [-0.1, -0.05) is 12.1 Å². The van der Waals surface area contributed by atoms with Crippen molar-refractivity contribution in [2.45, 2.75) is 25.5 Å². The molecular weight excluding hydrogens is 216 g/mol. The fraction of sp³-hybridized carbons (Fsp3) is 0.462. The molecule has 4 heteroatoms. The van der Waals surface area contributed by atoms with Crippen molar-refractivity contribution >= 4 is 0 Å². The highest BCUT2D eigenvalue weighted by molar-refractivity contribution is 5.32. The van der Waals surface area contributed by atoms with Crippen molar-refractivity contribution in [3.63, 3.8) is 0 Å². The van der Waals surface area contributed by atoms with E-state index in [1.165, 1.54) is 0 Å². The van der Waals surface area contributed by atoms with E-state index in [1.54, 1.807) is 19.1 Å². The summed E-state index contributed by atoms with van der Waals surface area (Å²) in [5.41, 5.74) is 0.557. The van der Waals surface area contributed by atoms with Crippen LogP contribution in [-0.4, -0.2) is 29.0 Å². The van der Waals surface area contributed by atoms with Gasteiger partial charge in [-0.25, -0.2) is 0 Å². The van der Waals surface area contributed by atoms with Gasteiger partial charge in [0.25, 0.3) is 0 Å². The standard InChI is InChI=1S/C13H18N2O2/c1-10(15-8-13(2,17)9-16)12-5-3-11(7-14)4-6-12/h3-6,10,15-17H,8-9H2,1-2H3. The van der Waals surface area contributed by atoms with Crippen LogP contribution >= 0.6 is 0 Å². The van der Waals surface area contributed by atoms with Crippen LogP contribution in [0.4, 0.5) is 0 Å². The molecule has 0 aliphatic heterocycles. The molecule has 0 spiro atoms. The maximum atomic E-state index is 9.65. The Kier molecular flexibility index (Phi) is 4.64. The molecule has 1 rings (SSSR count). The molecule has 0 radical (unpaired) electrons. The van der Waals surface area contributed by atoms with Gasteiger partial charge in [-0.2, -0.15) is 5.26 Å². The summed E-state index contributed by atoms with van der Waals surface area (Å²) in [6, 6.07) is 9.40. The second kappa shape index (κ2) is 5.78. The molecule has 0 aliphatic carbocycles. The topological polar surface area (TPSA) is 76.3 Å². The molecule has 0 bridgehead atoms. The van der Waals surface area contributed by atoms with Gasteiger partial charge >= 0.3 is 0 Å². The lowest BCUT2D eigenvalue weighted by Gasteiger charge is -2.24. The van der Waals surface area contributed by atoms with E-state index in [-0.39, 0.29) is 12.6 Å². The smallest absolute Gasteiger partial charge is 0.0991 e. The van der Waals surface area contributed by atoms with Gasteiger partial charge in [-0.05, 0) is 31.5 Å². The summed E-state index contributed by atoms with van der Waals surface area (Å²) < 4.78 is 0. The van der Waals surface area contributed by atoms with E-state index in [9.17, 15) is 5.11 Å². The zero-order valence-electron chi connectivity index (χ0n) is 10.1. The highest BCUT2D eigenvalue weighted by Crippen LogP contribution is 2.14. The van der Waals surface area contributed by atoms with Gasteiger partial charge in [-0.3, -0.25) is 0 Å². The number of rotatable bonds is 5. The Morgan fingerprint density at radius 2 is 2.00 bits per heavy atom. The van der Waals surface area contributed by atoms with Crippen molar-refractivity contribution in [2.24, 2.45) is 0 Å². The van der Waals surface area contributed by atoms with Crippen molar-refractivity contribution in [1.29, 1.82) is 5.26 Å². The molecule has 2 unspecified atom stereocenters. The predicted octanol–water partition coefficient (Wildman–Crippen LogP) is 0.952. The molecule has 0 aromatic heterocycles. The van der Waals surface area contributed by atoms with Gasteiger partial charge in [0, 0.05) is 12.6 Å². The summed E-state index contributed by atoms with van der Waals surface area (Å²) in [7, 11) is 0. The molecule has 0 aliphatic rings. The average molecular weight is 234 g/mol. The first-order chi connectivity index (χ1) is 7.98. The molecule has 0 amide bonds. The van der Waals surface area contributed by atoms with Crippen LogP contribution in [0.2, 0.25) is 0 Å². The first-order valence-corrected chi connectivity index (χ1v) is 5.55. The second-order valence-electron chi connectivity index (χ2n) is 4.49. The molecule has 92 valence electrons. The van der Waals surface area contributed by atoms with Crippen LogP contribution in [0.3, 0.4) is 0 Å². The van der Waals surface area contributed by atoms with Crippen molar-refractivity contribution in [2.75, 3.05) is 13.2 Å². The van der Waals surface area contributed by atoms with Gasteiger partial charge in [0.2, 0.25) is 0 Å². The minimum atomic E-state index is -1.11. The fourth-order valence-corrected chi connectivity index (χ4v) is 1.39. The summed E-state index contributed by atoms with van der Waals surface area (Å²) in [5.74, 6) is 0. The summed E-state index contributed by atoms with van der Waals surface area (Å²) >= 11 is 0. The van der Waals surface area contributed by atoms with Crippen LogP contribution in [-0.2, 0) is 0 Å². The first kappa shape index (κ1) is 13.7. The third kappa shape index (κ3) is 4.16. The average Bonchev–Trinajstić information content (AvgIpc) is 2.36. The first-order valence-electron chi connectivity index (χ1n) is 5.55. The number of hydrogen-bond acceptors (Lipinski definition) is 4. The summed E-state index contributed by atoms with van der Waals surface area (Å²) in [6.45, 7) is 3.57. The normalized spacial score (nSPS) is 15.9. The maximum absolute atomic E-state index is 9.65. The Morgan fingerprint density at radius 1 is 1.41 bits per heavy atom. The molecule has 0 saturated carbocycles. The second-order valence-corrected chi connectivity index (χ2v) is 4.49. The fourth-order valence-electron chi connectivity index (χ4n) is 1.39. The van der Waals surface area contributed by atoms with Crippen LogP contribution in [0.15, 0.2) is 24.3 Å². The lowest BCUT2D eigenvalue weighted by atomic mass is 10.0. The Balaban J connectivity index is 2.58. The van der Waals surface area contributed by atoms with Gasteiger partial charge in [0.05, 0.1) is 23.8 Å². The minimum absolute atomic E-state index is 0.0563. The van der Waals surface area contributed by atoms with Crippen molar-refractivity contribution in [3.05, 3.63) is 35.4 Å². The zero-order chi connectivity index (χ0) is 12.9. The number of nitrogens with zero attached hydrogens (tertiary/aromatic N) is 1. The van der Waals surface area contributed by atoms with E-state index in [2.05, 4.69) is 11.4 Å². The monoisotopic (exact) mass is 234 g/mol. The van der Waals surface area contributed by atoms with Crippen molar-refractivity contribution < 1.29 is 10.2 Å². The predicted molar refractivity (Wildman–Crippen MR) is 65.3 cm³/mol. The highest BCUT2D eigenvalue weighted by Gasteiger charge is 2.19. The minimum Gasteiger partial charge on any atom is -0.393 e. The van der Waals surface area contributed by atoms with Crippen LogP contribution in [0, 0.1) is 11.3 Å². The highest BCUT2D eigenvalue weighted by atomic mass is 16.3. The Hall–Kier alpha value is -1.41. The SMILES string of the molecule is CC(NCC(C)(O)CO)c1ccc(C#N)cc1. The van der Waals surface area contributed by atoms with Crippen molar-refractivity contribution in [1.82, 2.24) is 5.32 Å². The van der Waals surface area contributed by atoms with Crippen LogP contribution in [0.5, 0.6) is 0 Å². The van der Waals surface area contributed by atoms with Gasteiger partial charge in [0.15, 0.2) is 0 Å². The molecule has 0 fully saturated rings. The molecule has 1 aromatic rings.